The number of aliphatic hydroxyl groups is 1. The minimum absolute atomic E-state index is 0.00118. The van der Waals surface area contributed by atoms with Crippen LogP contribution < -0.4 is 0 Å². The molecule has 0 radical (unpaired) electrons. The molecule has 2 heterocycles. The summed E-state index contributed by atoms with van der Waals surface area (Å²) in [6.07, 6.45) is 7.79. The summed E-state index contributed by atoms with van der Waals surface area (Å²) in [4.78, 5) is 31.8. The molecule has 7 atom stereocenters. The first-order chi connectivity index (χ1) is 18.1. The lowest BCUT2D eigenvalue weighted by Gasteiger charge is -2.47. The van der Waals surface area contributed by atoms with Gasteiger partial charge in [0.2, 0.25) is 0 Å². The number of ether oxygens (including phenoxy) is 1. The molecule has 2 aliphatic rings. The lowest BCUT2D eigenvalue weighted by molar-refractivity contribution is -0.155. The summed E-state index contributed by atoms with van der Waals surface area (Å²) in [5, 5.41) is 14.0. The summed E-state index contributed by atoms with van der Waals surface area (Å²) in [5.74, 6) is -1.40. The van der Waals surface area contributed by atoms with Gasteiger partial charge in [0.05, 0.1) is 29.3 Å². The second-order valence-electron chi connectivity index (χ2n) is 13.1. The Kier molecular flexibility index (Phi) is 10.6. The van der Waals surface area contributed by atoms with Crippen molar-refractivity contribution >= 4 is 37.5 Å². The predicted molar refractivity (Wildman–Crippen MR) is 161 cm³/mol. The first kappa shape index (κ1) is 31.9. The van der Waals surface area contributed by atoms with Crippen molar-refractivity contribution in [3.05, 3.63) is 33.8 Å². The van der Waals surface area contributed by atoms with Gasteiger partial charge in [-0.25, -0.2) is 4.98 Å². The van der Waals surface area contributed by atoms with E-state index in [0.29, 0.717) is 6.42 Å². The fourth-order valence-corrected chi connectivity index (χ4v) is 7.62. The number of rotatable bonds is 4. The van der Waals surface area contributed by atoms with Gasteiger partial charge in [0, 0.05) is 23.6 Å². The van der Waals surface area contributed by atoms with Crippen LogP contribution in [0.5, 0.6) is 0 Å². The van der Waals surface area contributed by atoms with E-state index in [1.54, 1.807) is 11.3 Å². The SMILES string of the molecule is C/C(=C\c1csc(C)n1)[C@@H]1C/C=C\CCCC2[C@H](C)[C@H](C(=O)[C@H](C)[C@H]2O)[C@@H](O[Si](C)(C)C(C)(C)C)CC(=O)O1. The van der Waals surface area contributed by atoms with Crippen LogP contribution in [0.3, 0.4) is 0 Å². The van der Waals surface area contributed by atoms with Gasteiger partial charge in [0.1, 0.15) is 11.9 Å². The third kappa shape index (κ3) is 7.78. The number of carbonyl (C=O) groups excluding carboxylic acids is 2. The second-order valence-corrected chi connectivity index (χ2v) is 19.0. The topological polar surface area (TPSA) is 85.7 Å². The van der Waals surface area contributed by atoms with E-state index in [2.05, 4.69) is 57.9 Å². The number of nitrogens with zero attached hydrogens (tertiary/aromatic N) is 1. The lowest BCUT2D eigenvalue weighted by atomic mass is 9.63. The molecule has 1 N–H and O–H groups in total. The van der Waals surface area contributed by atoms with Crippen LogP contribution in [0.2, 0.25) is 18.1 Å². The van der Waals surface area contributed by atoms with Gasteiger partial charge < -0.3 is 14.3 Å². The molecule has 0 spiro atoms. The number of thiazole rings is 1. The Morgan fingerprint density at radius 3 is 2.54 bits per heavy atom. The quantitative estimate of drug-likeness (QED) is 0.234. The van der Waals surface area contributed by atoms with Gasteiger partial charge in [-0.2, -0.15) is 0 Å². The molecule has 1 unspecified atom stereocenters. The Bertz CT molecular complexity index is 1070. The largest absolute Gasteiger partial charge is 0.457 e. The summed E-state index contributed by atoms with van der Waals surface area (Å²) < 4.78 is 13.0. The molecule has 1 saturated carbocycles. The molecule has 218 valence electrons. The van der Waals surface area contributed by atoms with Crippen molar-refractivity contribution < 1.29 is 23.9 Å². The molecule has 0 saturated heterocycles. The zero-order valence-corrected chi connectivity index (χ0v) is 27.1. The highest BCUT2D eigenvalue weighted by molar-refractivity contribution is 7.09. The van der Waals surface area contributed by atoms with E-state index in [4.69, 9.17) is 9.16 Å². The van der Waals surface area contributed by atoms with Gasteiger partial charge in [0.25, 0.3) is 0 Å². The average molecular weight is 576 g/mol. The number of fused-ring (bicyclic) bond motifs is 2. The number of carbonyl (C=O) groups is 2. The minimum Gasteiger partial charge on any atom is -0.457 e. The smallest absolute Gasteiger partial charge is 0.309 e. The number of Topliss-reactive ketones (excluding diaryl/α,β-unsaturated/α-hetero) is 1. The van der Waals surface area contributed by atoms with E-state index in [-0.39, 0.29) is 35.0 Å². The van der Waals surface area contributed by atoms with E-state index in [1.165, 1.54) is 0 Å². The molecular weight excluding hydrogens is 526 g/mol. The normalized spacial score (nSPS) is 32.9. The van der Waals surface area contributed by atoms with Crippen LogP contribution in [0.1, 0.15) is 84.3 Å². The van der Waals surface area contributed by atoms with Crippen molar-refractivity contribution in [1.29, 1.82) is 0 Å². The molecule has 39 heavy (non-hydrogen) atoms. The number of hydrogen-bond acceptors (Lipinski definition) is 7. The van der Waals surface area contributed by atoms with Crippen LogP contribution in [0.4, 0.5) is 0 Å². The average Bonchev–Trinajstić information content (AvgIpc) is 3.23. The summed E-state index contributed by atoms with van der Waals surface area (Å²) in [6, 6.07) is 0. The first-order valence-corrected chi connectivity index (χ1v) is 18.3. The number of aromatic nitrogens is 1. The number of hydrogen-bond donors (Lipinski definition) is 1. The minimum atomic E-state index is -2.32. The zero-order valence-electron chi connectivity index (χ0n) is 25.3. The van der Waals surface area contributed by atoms with Gasteiger partial charge in [0.15, 0.2) is 8.32 Å². The Balaban J connectivity index is 1.98. The van der Waals surface area contributed by atoms with Gasteiger partial charge in [-0.1, -0.05) is 46.8 Å². The number of allylic oxidation sites excluding steroid dienone is 1. The maximum Gasteiger partial charge on any atom is 0.309 e. The Hall–Kier alpha value is -1.61. The summed E-state index contributed by atoms with van der Waals surface area (Å²) >= 11 is 1.59. The van der Waals surface area contributed by atoms with E-state index in [9.17, 15) is 14.7 Å². The van der Waals surface area contributed by atoms with Crippen LogP contribution in [0.15, 0.2) is 23.1 Å². The van der Waals surface area contributed by atoms with Crippen molar-refractivity contribution in [3.63, 3.8) is 0 Å². The second kappa shape index (κ2) is 12.9. The monoisotopic (exact) mass is 575 g/mol. The summed E-state index contributed by atoms with van der Waals surface area (Å²) in [5.41, 5.74) is 1.81. The standard InChI is InChI=1S/C31H49NO5SSi/c1-19(16-23-18-38-22(4)32-23)25-15-13-11-10-12-14-24-20(2)28(30(35)21(3)29(24)34)26(17-27(33)36-25)37-39(8,9)31(5,6)7/h11,13,16,18,20-21,24-26,28-29,34H,10,12,14-15,17H2,1-9H3/b13-11-,19-16+/t20-,21+,24?,25-,26-,28-,29+/m0/s1. The highest BCUT2D eigenvalue weighted by Crippen LogP contribution is 2.45. The number of aliphatic hydroxyl groups excluding tert-OH is 1. The van der Waals surface area contributed by atoms with Crippen molar-refractivity contribution in [2.75, 3.05) is 0 Å². The van der Waals surface area contributed by atoms with E-state index < -0.39 is 38.5 Å². The molecule has 1 fully saturated rings. The lowest BCUT2D eigenvalue weighted by Crippen LogP contribution is -2.55. The van der Waals surface area contributed by atoms with Crippen molar-refractivity contribution in [2.45, 2.75) is 117 Å². The number of esters is 1. The van der Waals surface area contributed by atoms with Gasteiger partial charge in [-0.3, -0.25) is 9.59 Å². The third-order valence-corrected chi connectivity index (χ3v) is 14.5. The maximum absolute atomic E-state index is 13.7. The molecule has 1 aromatic heterocycles. The van der Waals surface area contributed by atoms with Gasteiger partial charge in [-0.15, -0.1) is 11.3 Å². The van der Waals surface area contributed by atoms with Crippen LogP contribution in [-0.4, -0.2) is 48.5 Å². The Labute approximate surface area is 240 Å². The molecule has 2 bridgehead atoms. The summed E-state index contributed by atoms with van der Waals surface area (Å²) in [7, 11) is -2.32. The Morgan fingerprint density at radius 1 is 1.23 bits per heavy atom. The molecule has 8 heteroatoms. The van der Waals surface area contributed by atoms with E-state index >= 15 is 0 Å². The molecule has 0 amide bonds. The van der Waals surface area contributed by atoms with E-state index in [0.717, 1.165) is 35.5 Å². The predicted octanol–water partition coefficient (Wildman–Crippen LogP) is 7.13. The highest BCUT2D eigenvalue weighted by Gasteiger charge is 2.51. The molecule has 1 aromatic rings. The molecular formula is C31H49NO5SSi. The van der Waals surface area contributed by atoms with Crippen LogP contribution >= 0.6 is 11.3 Å². The van der Waals surface area contributed by atoms with Gasteiger partial charge >= 0.3 is 5.97 Å². The van der Waals surface area contributed by atoms with Crippen molar-refractivity contribution in [3.8, 4) is 0 Å². The molecule has 3 rings (SSSR count). The number of ketones is 1. The van der Waals surface area contributed by atoms with Crippen LogP contribution in [0, 0.1) is 30.6 Å². The van der Waals surface area contributed by atoms with Gasteiger partial charge in [-0.05, 0) is 74.7 Å². The zero-order chi connectivity index (χ0) is 29.1. The van der Waals surface area contributed by atoms with Crippen molar-refractivity contribution in [2.24, 2.45) is 23.7 Å². The molecule has 0 aromatic carbocycles. The number of cyclic esters (lactones) is 1. The fourth-order valence-electron chi connectivity index (χ4n) is 5.71. The first-order valence-electron chi connectivity index (χ1n) is 14.5. The molecule has 1 aliphatic heterocycles. The van der Waals surface area contributed by atoms with Crippen molar-refractivity contribution in [1.82, 2.24) is 4.98 Å². The highest BCUT2D eigenvalue weighted by atomic mass is 32.1. The third-order valence-electron chi connectivity index (χ3n) is 9.21. The van der Waals surface area contributed by atoms with E-state index in [1.807, 2.05) is 32.2 Å². The maximum atomic E-state index is 13.7. The van der Waals surface area contributed by atoms with Crippen LogP contribution in [0.25, 0.3) is 6.08 Å². The summed E-state index contributed by atoms with van der Waals surface area (Å²) in [6.45, 7) is 18.7. The fraction of sp³-hybridized carbons (Fsp3) is 0.710. The molecule has 1 aliphatic carbocycles. The molecule has 6 nitrogen and oxygen atoms in total. The Morgan fingerprint density at radius 2 is 1.92 bits per heavy atom. The van der Waals surface area contributed by atoms with Crippen LogP contribution in [-0.2, 0) is 18.8 Å². The number of aryl methyl sites for hydroxylation is 1.